The minimum absolute atomic E-state index is 0.151. The number of ether oxygens (including phenoxy) is 2. The Hall–Kier alpha value is -1.50. The quantitative estimate of drug-likeness (QED) is 0.831. The van der Waals surface area contributed by atoms with E-state index in [0.29, 0.717) is 0 Å². The number of aromatic hydroxyl groups is 1. The molecule has 1 N–H and O–H groups in total. The van der Waals surface area contributed by atoms with Crippen molar-refractivity contribution in [3.8, 4) is 17.6 Å². The lowest BCUT2D eigenvalue weighted by atomic mass is 10.1. The van der Waals surface area contributed by atoms with E-state index >= 15 is 0 Å². The van der Waals surface area contributed by atoms with Gasteiger partial charge in [-0.05, 0) is 51.3 Å². The molecule has 1 aliphatic rings. The molecule has 102 valence electrons. The average Bonchev–Trinajstić information content (AvgIpc) is 2.37. The molecule has 1 unspecified atom stereocenters. The molecule has 3 nitrogen and oxygen atoms in total. The van der Waals surface area contributed by atoms with Gasteiger partial charge >= 0.3 is 0 Å². The zero-order chi connectivity index (χ0) is 13.7. The van der Waals surface area contributed by atoms with Crippen LogP contribution in [0.25, 0.3) is 0 Å². The second-order valence-electron chi connectivity index (χ2n) is 5.22. The first-order valence-electron chi connectivity index (χ1n) is 6.67. The van der Waals surface area contributed by atoms with Crippen LogP contribution in [0.4, 0.5) is 0 Å². The number of benzene rings is 1. The molecule has 2 rings (SSSR count). The lowest BCUT2D eigenvalue weighted by Crippen LogP contribution is -2.33. The van der Waals surface area contributed by atoms with Crippen molar-refractivity contribution in [2.45, 2.75) is 45.0 Å². The van der Waals surface area contributed by atoms with E-state index < -0.39 is 5.60 Å². The van der Waals surface area contributed by atoms with Crippen LogP contribution in [0.15, 0.2) is 24.3 Å². The van der Waals surface area contributed by atoms with Gasteiger partial charge in [-0.2, -0.15) is 0 Å². The summed E-state index contributed by atoms with van der Waals surface area (Å²) in [5, 5.41) is 9.38. The van der Waals surface area contributed by atoms with Gasteiger partial charge < -0.3 is 14.6 Å². The highest BCUT2D eigenvalue weighted by molar-refractivity contribution is 5.40. The Morgan fingerprint density at radius 2 is 2.21 bits per heavy atom. The third-order valence-corrected chi connectivity index (χ3v) is 2.92. The van der Waals surface area contributed by atoms with Gasteiger partial charge in [0, 0.05) is 12.2 Å². The van der Waals surface area contributed by atoms with E-state index in [4.69, 9.17) is 9.47 Å². The molecule has 0 spiro atoms. The van der Waals surface area contributed by atoms with Crippen LogP contribution in [0.5, 0.6) is 5.75 Å². The molecule has 1 saturated heterocycles. The van der Waals surface area contributed by atoms with E-state index in [-0.39, 0.29) is 12.0 Å². The summed E-state index contributed by atoms with van der Waals surface area (Å²) in [5.74, 6) is 6.33. The Labute approximate surface area is 114 Å². The SMILES string of the molecule is CC(C)(C#Cc1cccc(O)c1)OC1CCCCO1. The minimum Gasteiger partial charge on any atom is -0.508 e. The van der Waals surface area contributed by atoms with Crippen LogP contribution in [0.3, 0.4) is 0 Å². The first kappa shape index (κ1) is 13.9. The number of phenolic OH excluding ortho intramolecular Hbond substituents is 1. The minimum atomic E-state index is -0.562. The zero-order valence-electron chi connectivity index (χ0n) is 11.5. The van der Waals surface area contributed by atoms with Gasteiger partial charge in [0.1, 0.15) is 11.4 Å². The van der Waals surface area contributed by atoms with Crippen molar-refractivity contribution in [3.63, 3.8) is 0 Å². The number of hydrogen-bond donors (Lipinski definition) is 1. The molecule has 1 aromatic carbocycles. The van der Waals surface area contributed by atoms with Gasteiger partial charge in [0.05, 0.1) is 0 Å². The fourth-order valence-corrected chi connectivity index (χ4v) is 1.97. The summed E-state index contributed by atoms with van der Waals surface area (Å²) >= 11 is 0. The fourth-order valence-electron chi connectivity index (χ4n) is 1.97. The summed E-state index contributed by atoms with van der Waals surface area (Å²) in [7, 11) is 0. The molecule has 0 aliphatic carbocycles. The van der Waals surface area contributed by atoms with Gasteiger partial charge in [-0.15, -0.1) is 0 Å². The summed E-state index contributed by atoms with van der Waals surface area (Å²) in [6.45, 7) is 4.63. The van der Waals surface area contributed by atoms with Gasteiger partial charge in [-0.1, -0.05) is 17.9 Å². The van der Waals surface area contributed by atoms with E-state index in [1.165, 1.54) is 0 Å². The van der Waals surface area contributed by atoms with Gasteiger partial charge in [0.25, 0.3) is 0 Å². The summed E-state index contributed by atoms with van der Waals surface area (Å²) in [6, 6.07) is 6.90. The molecule has 1 aliphatic heterocycles. The van der Waals surface area contributed by atoms with Crippen LogP contribution >= 0.6 is 0 Å². The molecule has 0 saturated carbocycles. The molecule has 1 heterocycles. The van der Waals surface area contributed by atoms with Crippen LogP contribution < -0.4 is 0 Å². The lowest BCUT2D eigenvalue weighted by Gasteiger charge is -2.29. The molecule has 1 atom stereocenters. The Kier molecular flexibility index (Phi) is 4.47. The Balaban J connectivity index is 2.00. The van der Waals surface area contributed by atoms with Gasteiger partial charge in [-0.3, -0.25) is 0 Å². The lowest BCUT2D eigenvalue weighted by molar-refractivity contribution is -0.199. The Morgan fingerprint density at radius 3 is 2.89 bits per heavy atom. The summed E-state index contributed by atoms with van der Waals surface area (Å²) in [6.07, 6.45) is 3.02. The second kappa shape index (κ2) is 6.10. The number of rotatable bonds is 2. The van der Waals surface area contributed by atoms with Crippen molar-refractivity contribution < 1.29 is 14.6 Å². The van der Waals surface area contributed by atoms with Crippen LogP contribution in [0.2, 0.25) is 0 Å². The van der Waals surface area contributed by atoms with Crippen molar-refractivity contribution in [2.24, 2.45) is 0 Å². The topological polar surface area (TPSA) is 38.7 Å². The van der Waals surface area contributed by atoms with E-state index in [2.05, 4.69) is 11.8 Å². The molecule has 0 aromatic heterocycles. The predicted molar refractivity (Wildman–Crippen MR) is 73.7 cm³/mol. The predicted octanol–water partition coefficient (Wildman–Crippen LogP) is 3.07. The van der Waals surface area contributed by atoms with Crippen LogP contribution in [-0.2, 0) is 9.47 Å². The van der Waals surface area contributed by atoms with Gasteiger partial charge in [0.2, 0.25) is 0 Å². The summed E-state index contributed by atoms with van der Waals surface area (Å²) in [5.41, 5.74) is 0.217. The molecule has 3 heteroatoms. The monoisotopic (exact) mass is 260 g/mol. The first-order chi connectivity index (χ1) is 9.05. The number of hydrogen-bond acceptors (Lipinski definition) is 3. The summed E-state index contributed by atoms with van der Waals surface area (Å²) < 4.78 is 11.4. The van der Waals surface area contributed by atoms with Gasteiger partial charge in [-0.25, -0.2) is 0 Å². The maximum atomic E-state index is 9.38. The Bertz CT molecular complexity index is 476. The largest absolute Gasteiger partial charge is 0.508 e. The van der Waals surface area contributed by atoms with E-state index in [1.54, 1.807) is 18.2 Å². The molecule has 0 bridgehead atoms. The van der Waals surface area contributed by atoms with Crippen molar-refractivity contribution in [2.75, 3.05) is 6.61 Å². The van der Waals surface area contributed by atoms with Crippen molar-refractivity contribution in [1.82, 2.24) is 0 Å². The maximum absolute atomic E-state index is 9.38. The van der Waals surface area contributed by atoms with Crippen LogP contribution in [0, 0.1) is 11.8 Å². The average molecular weight is 260 g/mol. The van der Waals surface area contributed by atoms with E-state index in [1.807, 2.05) is 19.9 Å². The van der Waals surface area contributed by atoms with Crippen LogP contribution in [0.1, 0.15) is 38.7 Å². The molecular weight excluding hydrogens is 240 g/mol. The second-order valence-corrected chi connectivity index (χ2v) is 5.22. The molecule has 0 amide bonds. The molecular formula is C16H20O3. The van der Waals surface area contributed by atoms with Crippen molar-refractivity contribution in [1.29, 1.82) is 0 Å². The normalized spacial score (nSPS) is 19.6. The highest BCUT2D eigenvalue weighted by atomic mass is 16.7. The summed E-state index contributed by atoms with van der Waals surface area (Å²) in [4.78, 5) is 0. The van der Waals surface area contributed by atoms with Crippen molar-refractivity contribution in [3.05, 3.63) is 29.8 Å². The molecule has 1 fully saturated rings. The van der Waals surface area contributed by atoms with Crippen LogP contribution in [-0.4, -0.2) is 23.6 Å². The fraction of sp³-hybridized carbons (Fsp3) is 0.500. The van der Waals surface area contributed by atoms with E-state index in [9.17, 15) is 5.11 Å². The van der Waals surface area contributed by atoms with Crippen molar-refractivity contribution >= 4 is 0 Å². The van der Waals surface area contributed by atoms with Gasteiger partial charge in [0.15, 0.2) is 6.29 Å². The zero-order valence-corrected chi connectivity index (χ0v) is 11.5. The molecule has 1 aromatic rings. The highest BCUT2D eigenvalue weighted by Crippen LogP contribution is 2.20. The third-order valence-electron chi connectivity index (χ3n) is 2.92. The third kappa shape index (κ3) is 4.59. The first-order valence-corrected chi connectivity index (χ1v) is 6.67. The van der Waals surface area contributed by atoms with E-state index in [0.717, 1.165) is 31.4 Å². The smallest absolute Gasteiger partial charge is 0.159 e. The molecule has 0 radical (unpaired) electrons. The number of phenols is 1. The highest BCUT2D eigenvalue weighted by Gasteiger charge is 2.23. The Morgan fingerprint density at radius 1 is 1.37 bits per heavy atom. The maximum Gasteiger partial charge on any atom is 0.159 e. The molecule has 19 heavy (non-hydrogen) atoms. The standard InChI is InChI=1S/C16H20O3/c1-16(2,19-15-8-3-4-11-18-15)10-9-13-6-5-7-14(17)12-13/h5-7,12,15,17H,3-4,8,11H2,1-2H3.